The molecule has 1 aromatic rings. The first kappa shape index (κ1) is 22.7. The van der Waals surface area contributed by atoms with E-state index in [4.69, 9.17) is 20.8 Å². The summed E-state index contributed by atoms with van der Waals surface area (Å²) in [5, 5.41) is 3.34. The molecule has 0 saturated carbocycles. The van der Waals surface area contributed by atoms with Gasteiger partial charge in [-0.15, -0.1) is 0 Å². The van der Waals surface area contributed by atoms with Crippen LogP contribution >= 0.6 is 11.6 Å². The van der Waals surface area contributed by atoms with Gasteiger partial charge in [-0.05, 0) is 56.6 Å². The second-order valence-electron chi connectivity index (χ2n) is 8.97. The zero-order valence-electron chi connectivity index (χ0n) is 17.2. The second-order valence-corrected chi connectivity index (χ2v) is 14.2. The van der Waals surface area contributed by atoms with Gasteiger partial charge in [0.25, 0.3) is 0 Å². The van der Waals surface area contributed by atoms with Crippen LogP contribution in [0.15, 0.2) is 36.5 Å². The van der Waals surface area contributed by atoms with Crippen LogP contribution in [0, 0.1) is 0 Å². The number of rotatable bonds is 5. The van der Waals surface area contributed by atoms with Crippen molar-refractivity contribution in [3.05, 3.63) is 47.1 Å². The third kappa shape index (κ3) is 6.78. The van der Waals surface area contributed by atoms with Crippen LogP contribution in [0.25, 0.3) is 0 Å². The van der Waals surface area contributed by atoms with E-state index < -0.39 is 26.1 Å². The third-order valence-corrected chi connectivity index (χ3v) is 9.02. The monoisotopic (exact) mass is 397 g/mol. The van der Waals surface area contributed by atoms with Gasteiger partial charge in [0.05, 0.1) is 0 Å². The molecule has 26 heavy (non-hydrogen) atoms. The number of hydrogen-bond acceptors (Lipinski definition) is 3. The minimum atomic E-state index is -2.12. The fourth-order valence-electron chi connectivity index (χ4n) is 1.98. The summed E-state index contributed by atoms with van der Waals surface area (Å²) in [6.07, 6.45) is -1.05. The smallest absolute Gasteiger partial charge is 0.411 e. The lowest BCUT2D eigenvalue weighted by atomic mass is 10.1. The molecule has 1 unspecified atom stereocenters. The van der Waals surface area contributed by atoms with Gasteiger partial charge in [-0.2, -0.15) is 0 Å². The number of halogens is 1. The molecule has 0 aliphatic heterocycles. The quantitative estimate of drug-likeness (QED) is 0.581. The molecule has 0 heterocycles. The molecule has 1 N–H and O–H groups in total. The molecule has 1 aromatic carbocycles. The Labute approximate surface area is 164 Å². The van der Waals surface area contributed by atoms with Crippen LogP contribution in [0.3, 0.4) is 0 Å². The van der Waals surface area contributed by atoms with Gasteiger partial charge in [-0.25, -0.2) is 4.79 Å². The van der Waals surface area contributed by atoms with Crippen molar-refractivity contribution in [2.45, 2.75) is 71.4 Å². The summed E-state index contributed by atoms with van der Waals surface area (Å²) in [5.74, 6) is 0. The highest BCUT2D eigenvalue weighted by Gasteiger charge is 2.40. The van der Waals surface area contributed by atoms with Gasteiger partial charge in [0, 0.05) is 10.7 Å². The number of hydrogen-bond donors (Lipinski definition) is 1. The predicted octanol–water partition coefficient (Wildman–Crippen LogP) is 6.44. The molecule has 0 aromatic heterocycles. The first-order valence-electron chi connectivity index (χ1n) is 8.74. The van der Waals surface area contributed by atoms with Gasteiger partial charge in [-0.3, -0.25) is 5.32 Å². The Morgan fingerprint density at radius 3 is 2.23 bits per heavy atom. The summed E-state index contributed by atoms with van der Waals surface area (Å²) in [6, 6.07) is 7.42. The summed E-state index contributed by atoms with van der Waals surface area (Å²) in [5.41, 5.74) is 0.700. The number of carbonyl (C=O) groups excluding carboxylic acids is 1. The molecule has 6 heteroatoms. The number of benzene rings is 1. The molecule has 0 spiro atoms. The van der Waals surface area contributed by atoms with Gasteiger partial charge < -0.3 is 9.16 Å². The van der Waals surface area contributed by atoms with E-state index in [9.17, 15) is 4.79 Å². The van der Waals surface area contributed by atoms with Crippen LogP contribution in [0.4, 0.5) is 4.79 Å². The van der Waals surface area contributed by atoms with E-state index in [0.717, 1.165) is 5.56 Å². The van der Waals surface area contributed by atoms with Gasteiger partial charge in [0.15, 0.2) is 8.32 Å². The largest absolute Gasteiger partial charge is 0.444 e. The Kier molecular flexibility index (Phi) is 7.13. The van der Waals surface area contributed by atoms with Crippen molar-refractivity contribution in [2.75, 3.05) is 0 Å². The minimum absolute atomic E-state index is 0.00994. The second kappa shape index (κ2) is 8.15. The lowest BCUT2D eigenvalue weighted by molar-refractivity contribution is 0.0529. The number of alkyl carbamates (subject to hydrolysis) is 1. The van der Waals surface area contributed by atoms with Gasteiger partial charge >= 0.3 is 6.09 Å². The highest BCUT2D eigenvalue weighted by molar-refractivity contribution is 6.74. The van der Waals surface area contributed by atoms with Crippen molar-refractivity contribution in [3.8, 4) is 0 Å². The minimum Gasteiger partial charge on any atom is -0.444 e. The standard InChI is InChI=1S/C20H32ClNO3Si/c1-14(22-18(23)24-19(2,3)4)17(15-11-10-12-16(21)13-15)25-26(8,9)20(5,6)7/h10-13,17H,1H2,2-9H3,(H,22,23). The Hall–Kier alpha value is -1.30. The average molecular weight is 398 g/mol. The average Bonchev–Trinajstić information content (AvgIpc) is 2.41. The van der Waals surface area contributed by atoms with Gasteiger partial charge in [-0.1, -0.05) is 51.1 Å². The van der Waals surface area contributed by atoms with Crippen LogP contribution in [0.2, 0.25) is 23.2 Å². The van der Waals surface area contributed by atoms with Crippen molar-refractivity contribution < 1.29 is 14.0 Å². The SMILES string of the molecule is C=C(NC(=O)OC(C)(C)C)C(O[Si](C)(C)C(C)(C)C)c1cccc(Cl)c1. The van der Waals surface area contributed by atoms with E-state index in [1.807, 2.05) is 39.0 Å². The molecule has 1 rings (SSSR count). The molecule has 1 atom stereocenters. The van der Waals surface area contributed by atoms with Crippen LogP contribution in [0.5, 0.6) is 0 Å². The van der Waals surface area contributed by atoms with E-state index in [2.05, 4.69) is 45.8 Å². The number of ether oxygens (including phenoxy) is 1. The summed E-state index contributed by atoms with van der Waals surface area (Å²) in [6.45, 7) is 20.3. The molecule has 4 nitrogen and oxygen atoms in total. The van der Waals surface area contributed by atoms with Crippen molar-refractivity contribution in [2.24, 2.45) is 0 Å². The highest BCUT2D eigenvalue weighted by Crippen LogP contribution is 2.41. The Bertz CT molecular complexity index is 660. The molecular weight excluding hydrogens is 366 g/mol. The van der Waals surface area contributed by atoms with Crippen LogP contribution in [-0.2, 0) is 9.16 Å². The summed E-state index contributed by atoms with van der Waals surface area (Å²) >= 11 is 6.16. The lowest BCUT2D eigenvalue weighted by Gasteiger charge is -2.40. The fourth-order valence-corrected chi connectivity index (χ4v) is 3.40. The first-order valence-corrected chi connectivity index (χ1v) is 12.0. The fraction of sp³-hybridized carbons (Fsp3) is 0.550. The molecule has 0 fully saturated rings. The lowest BCUT2D eigenvalue weighted by Crippen LogP contribution is -2.43. The van der Waals surface area contributed by atoms with E-state index in [0.29, 0.717) is 10.7 Å². The maximum absolute atomic E-state index is 12.2. The summed E-state index contributed by atoms with van der Waals surface area (Å²) in [4.78, 5) is 12.2. The molecule has 0 radical (unpaired) electrons. The Morgan fingerprint density at radius 2 is 1.77 bits per heavy atom. The van der Waals surface area contributed by atoms with E-state index >= 15 is 0 Å². The van der Waals surface area contributed by atoms with Crippen molar-refractivity contribution in [1.82, 2.24) is 5.32 Å². The molecule has 0 aliphatic carbocycles. The maximum atomic E-state index is 12.2. The van der Waals surface area contributed by atoms with Crippen LogP contribution < -0.4 is 5.32 Å². The van der Waals surface area contributed by atoms with Crippen molar-refractivity contribution >= 4 is 26.0 Å². The maximum Gasteiger partial charge on any atom is 0.411 e. The first-order chi connectivity index (χ1) is 11.6. The number of amides is 1. The summed E-state index contributed by atoms with van der Waals surface area (Å²) < 4.78 is 11.9. The molecule has 146 valence electrons. The zero-order chi connectivity index (χ0) is 20.3. The highest BCUT2D eigenvalue weighted by atomic mass is 35.5. The molecule has 1 amide bonds. The van der Waals surface area contributed by atoms with E-state index in [-0.39, 0.29) is 5.04 Å². The Morgan fingerprint density at radius 1 is 1.19 bits per heavy atom. The Balaban J connectivity index is 3.12. The molecular formula is C20H32ClNO3Si. The zero-order valence-corrected chi connectivity index (χ0v) is 19.0. The predicted molar refractivity (Wildman–Crippen MR) is 111 cm³/mol. The topological polar surface area (TPSA) is 47.6 Å². The van der Waals surface area contributed by atoms with Crippen molar-refractivity contribution in [3.63, 3.8) is 0 Å². The molecule has 0 saturated heterocycles. The van der Waals surface area contributed by atoms with Crippen LogP contribution in [0.1, 0.15) is 53.2 Å². The van der Waals surface area contributed by atoms with Crippen molar-refractivity contribution in [1.29, 1.82) is 0 Å². The third-order valence-electron chi connectivity index (χ3n) is 4.35. The number of nitrogens with one attached hydrogen (secondary N) is 1. The number of carbonyl (C=O) groups is 1. The molecule has 0 aliphatic rings. The van der Waals surface area contributed by atoms with E-state index in [1.54, 1.807) is 6.07 Å². The normalized spacial score (nSPS) is 13.9. The summed E-state index contributed by atoms with van der Waals surface area (Å²) in [7, 11) is -2.12. The van der Waals surface area contributed by atoms with E-state index in [1.165, 1.54) is 0 Å². The van der Waals surface area contributed by atoms with Crippen LogP contribution in [-0.4, -0.2) is 20.0 Å². The van der Waals surface area contributed by atoms with Gasteiger partial charge in [0.2, 0.25) is 0 Å². The molecule has 0 bridgehead atoms. The van der Waals surface area contributed by atoms with Gasteiger partial charge in [0.1, 0.15) is 11.7 Å².